The highest BCUT2D eigenvalue weighted by Gasteiger charge is 2.39. The summed E-state index contributed by atoms with van der Waals surface area (Å²) in [4.78, 5) is 26.7. The quantitative estimate of drug-likeness (QED) is 0.786. The van der Waals surface area contributed by atoms with E-state index in [0.717, 1.165) is 6.54 Å². The molecule has 7 heteroatoms. The second-order valence-electron chi connectivity index (χ2n) is 5.00. The van der Waals surface area contributed by atoms with Crippen LogP contribution in [0, 0.1) is 0 Å². The van der Waals surface area contributed by atoms with Crippen molar-refractivity contribution in [3.8, 4) is 0 Å². The maximum atomic E-state index is 12.0. The fourth-order valence-electron chi connectivity index (χ4n) is 1.83. The van der Waals surface area contributed by atoms with E-state index in [-0.39, 0.29) is 11.4 Å². The Morgan fingerprint density at radius 3 is 2.68 bits per heavy atom. The van der Waals surface area contributed by atoms with Crippen LogP contribution in [0.3, 0.4) is 0 Å². The third kappa shape index (κ3) is 4.28. The van der Waals surface area contributed by atoms with E-state index in [1.54, 1.807) is 0 Å². The van der Waals surface area contributed by atoms with Crippen molar-refractivity contribution in [2.24, 2.45) is 0 Å². The van der Waals surface area contributed by atoms with Crippen LogP contribution in [0.2, 0.25) is 0 Å². The number of carboxylic acids is 1. The van der Waals surface area contributed by atoms with Crippen molar-refractivity contribution in [2.45, 2.75) is 38.2 Å². The zero-order valence-corrected chi connectivity index (χ0v) is 12.7. The molecular formula is C12H23N3O3S. The van der Waals surface area contributed by atoms with Crippen LogP contribution in [0.1, 0.15) is 20.8 Å². The first kappa shape index (κ1) is 16.1. The van der Waals surface area contributed by atoms with Crippen LogP contribution in [0.25, 0.3) is 0 Å². The number of carbonyl (C=O) groups is 2. The van der Waals surface area contributed by atoms with Crippen LogP contribution >= 0.6 is 11.8 Å². The van der Waals surface area contributed by atoms with Gasteiger partial charge in [0.25, 0.3) is 0 Å². The normalized spacial score (nSPS) is 23.2. The number of likely N-dealkylation sites (N-methyl/N-ethyl adjacent to an activating group) is 1. The predicted octanol–water partition coefficient (Wildman–Crippen LogP) is 0.884. The van der Waals surface area contributed by atoms with Crippen LogP contribution in [-0.2, 0) is 4.79 Å². The van der Waals surface area contributed by atoms with E-state index in [1.807, 2.05) is 14.0 Å². The standard InChI is InChI=1S/C12H23N3O3S/c1-8(2)14(4)6-5-13-12(18)15-9(3)19-7-10(15)11(16)17/h8-10H,5-7H2,1-4H3,(H,13,18)(H,16,17). The highest BCUT2D eigenvalue weighted by Crippen LogP contribution is 2.28. The molecular weight excluding hydrogens is 266 g/mol. The van der Waals surface area contributed by atoms with E-state index in [9.17, 15) is 9.59 Å². The Bertz CT molecular complexity index is 338. The van der Waals surface area contributed by atoms with E-state index in [4.69, 9.17) is 5.11 Å². The van der Waals surface area contributed by atoms with Gasteiger partial charge in [-0.2, -0.15) is 0 Å². The first-order valence-electron chi connectivity index (χ1n) is 6.45. The molecule has 2 atom stereocenters. The number of amides is 2. The Morgan fingerprint density at radius 2 is 2.16 bits per heavy atom. The van der Waals surface area contributed by atoms with Crippen molar-refractivity contribution in [1.29, 1.82) is 0 Å². The van der Waals surface area contributed by atoms with Crippen molar-refractivity contribution >= 4 is 23.8 Å². The van der Waals surface area contributed by atoms with Gasteiger partial charge < -0.3 is 15.3 Å². The number of carbonyl (C=O) groups excluding carboxylic acids is 1. The molecule has 110 valence electrons. The molecule has 0 saturated carbocycles. The summed E-state index contributed by atoms with van der Waals surface area (Å²) >= 11 is 1.49. The molecule has 0 aliphatic carbocycles. The second kappa shape index (κ2) is 7.00. The molecule has 6 nitrogen and oxygen atoms in total. The second-order valence-corrected chi connectivity index (χ2v) is 6.35. The summed E-state index contributed by atoms with van der Waals surface area (Å²) < 4.78 is 0. The number of nitrogens with zero attached hydrogens (tertiary/aromatic N) is 2. The molecule has 2 amide bonds. The Hall–Kier alpha value is -0.950. The van der Waals surface area contributed by atoms with Crippen LogP contribution < -0.4 is 5.32 Å². The Kier molecular flexibility index (Phi) is 5.93. The molecule has 0 aromatic carbocycles. The monoisotopic (exact) mass is 289 g/mol. The minimum Gasteiger partial charge on any atom is -0.480 e. The molecule has 1 rings (SSSR count). The van der Waals surface area contributed by atoms with Crippen molar-refractivity contribution in [3.63, 3.8) is 0 Å². The number of carboxylic acid groups (broad SMARTS) is 1. The molecule has 0 bridgehead atoms. The lowest BCUT2D eigenvalue weighted by molar-refractivity contribution is -0.141. The van der Waals surface area contributed by atoms with E-state index >= 15 is 0 Å². The molecule has 2 unspecified atom stereocenters. The summed E-state index contributed by atoms with van der Waals surface area (Å²) in [5.41, 5.74) is 0. The SMILES string of the molecule is CC(C)N(C)CCNC(=O)N1C(C)SCC1C(=O)O. The van der Waals surface area contributed by atoms with Gasteiger partial charge in [0, 0.05) is 24.9 Å². The van der Waals surface area contributed by atoms with Crippen molar-refractivity contribution in [1.82, 2.24) is 15.1 Å². The van der Waals surface area contributed by atoms with Gasteiger partial charge in [-0.1, -0.05) is 0 Å². The summed E-state index contributed by atoms with van der Waals surface area (Å²) in [6.07, 6.45) is 0. The van der Waals surface area contributed by atoms with Gasteiger partial charge in [-0.3, -0.25) is 4.90 Å². The van der Waals surface area contributed by atoms with Crippen molar-refractivity contribution in [2.75, 3.05) is 25.9 Å². The van der Waals surface area contributed by atoms with Gasteiger partial charge in [-0.15, -0.1) is 11.8 Å². The van der Waals surface area contributed by atoms with Crippen molar-refractivity contribution < 1.29 is 14.7 Å². The Labute approximate surface area is 118 Å². The zero-order chi connectivity index (χ0) is 14.6. The van der Waals surface area contributed by atoms with Crippen LogP contribution in [0.5, 0.6) is 0 Å². The average molecular weight is 289 g/mol. The lowest BCUT2D eigenvalue weighted by Gasteiger charge is -2.26. The lowest BCUT2D eigenvalue weighted by Crippen LogP contribution is -2.50. The van der Waals surface area contributed by atoms with Gasteiger partial charge in [0.1, 0.15) is 6.04 Å². The minimum absolute atomic E-state index is 0.0936. The number of aliphatic carboxylic acids is 1. The van der Waals surface area contributed by atoms with E-state index in [1.165, 1.54) is 16.7 Å². The fraction of sp³-hybridized carbons (Fsp3) is 0.833. The first-order chi connectivity index (χ1) is 8.84. The summed E-state index contributed by atoms with van der Waals surface area (Å²) in [5.74, 6) is -0.484. The van der Waals surface area contributed by atoms with Gasteiger partial charge in [0.2, 0.25) is 0 Å². The first-order valence-corrected chi connectivity index (χ1v) is 7.50. The van der Waals surface area contributed by atoms with Gasteiger partial charge >= 0.3 is 12.0 Å². The van der Waals surface area contributed by atoms with Crippen LogP contribution in [0.4, 0.5) is 4.79 Å². The third-order valence-electron chi connectivity index (χ3n) is 3.36. The molecule has 0 aromatic heterocycles. The maximum absolute atomic E-state index is 12.0. The van der Waals surface area contributed by atoms with Crippen molar-refractivity contribution in [3.05, 3.63) is 0 Å². The number of hydrogen-bond donors (Lipinski definition) is 2. The highest BCUT2D eigenvalue weighted by atomic mass is 32.2. The van der Waals surface area contributed by atoms with E-state index in [0.29, 0.717) is 18.3 Å². The molecule has 1 saturated heterocycles. The molecule has 0 aromatic rings. The maximum Gasteiger partial charge on any atom is 0.327 e. The van der Waals surface area contributed by atoms with Gasteiger partial charge in [-0.25, -0.2) is 9.59 Å². The largest absolute Gasteiger partial charge is 0.480 e. The number of rotatable bonds is 5. The molecule has 1 aliphatic rings. The molecule has 1 heterocycles. The highest BCUT2D eigenvalue weighted by molar-refractivity contribution is 8.00. The molecule has 0 radical (unpaired) electrons. The molecule has 0 spiro atoms. The average Bonchev–Trinajstić information content (AvgIpc) is 2.70. The third-order valence-corrected chi connectivity index (χ3v) is 4.58. The smallest absolute Gasteiger partial charge is 0.327 e. The van der Waals surface area contributed by atoms with Gasteiger partial charge in [0.05, 0.1) is 5.37 Å². The number of urea groups is 1. The topological polar surface area (TPSA) is 72.9 Å². The van der Waals surface area contributed by atoms with Crippen LogP contribution in [0.15, 0.2) is 0 Å². The summed E-state index contributed by atoms with van der Waals surface area (Å²) in [7, 11) is 1.99. The van der Waals surface area contributed by atoms with E-state index in [2.05, 4.69) is 24.1 Å². The molecule has 1 aliphatic heterocycles. The Morgan fingerprint density at radius 1 is 1.53 bits per heavy atom. The molecule has 1 fully saturated rings. The minimum atomic E-state index is -0.939. The number of hydrogen-bond acceptors (Lipinski definition) is 4. The van der Waals surface area contributed by atoms with E-state index < -0.39 is 12.0 Å². The number of thioether (sulfide) groups is 1. The predicted molar refractivity (Wildman–Crippen MR) is 76.3 cm³/mol. The lowest BCUT2D eigenvalue weighted by atomic mass is 10.3. The molecule has 19 heavy (non-hydrogen) atoms. The summed E-state index contributed by atoms with van der Waals surface area (Å²) in [5, 5.41) is 11.8. The van der Waals surface area contributed by atoms with Gasteiger partial charge in [-0.05, 0) is 27.8 Å². The Balaban J connectivity index is 2.46. The number of nitrogens with one attached hydrogen (secondary N) is 1. The summed E-state index contributed by atoms with van der Waals surface area (Å²) in [6.45, 7) is 7.29. The zero-order valence-electron chi connectivity index (χ0n) is 11.9. The van der Waals surface area contributed by atoms with Gasteiger partial charge in [0.15, 0.2) is 0 Å². The fourth-order valence-corrected chi connectivity index (χ4v) is 3.00. The molecule has 2 N–H and O–H groups in total. The van der Waals surface area contributed by atoms with Crippen LogP contribution in [-0.4, -0.2) is 70.3 Å². The summed E-state index contributed by atoms with van der Waals surface area (Å²) in [6, 6.07) is -0.588.